The molecule has 1 saturated heterocycles. The number of carbonyl (C=O) groups is 2. The number of methoxy groups -OCH3 is 1. The number of aliphatic carboxylic acids is 1. The number of hydrogen-bond acceptors (Lipinski definition) is 6. The van der Waals surface area contributed by atoms with Crippen LogP contribution in [0.1, 0.15) is 16.8 Å². The molecule has 9 heteroatoms. The monoisotopic (exact) mass is 324 g/mol. The third-order valence-corrected chi connectivity index (χ3v) is 3.45. The van der Waals surface area contributed by atoms with Gasteiger partial charge < -0.3 is 19.5 Å². The number of nitro groups is 1. The second kappa shape index (κ2) is 7.05. The van der Waals surface area contributed by atoms with Crippen LogP contribution in [0.4, 0.5) is 5.69 Å². The van der Waals surface area contributed by atoms with Crippen LogP contribution in [-0.2, 0) is 9.53 Å². The maximum atomic E-state index is 12.5. The van der Waals surface area contributed by atoms with Gasteiger partial charge in [0.25, 0.3) is 5.91 Å². The molecular formula is C14H16N2O7. The van der Waals surface area contributed by atoms with Crippen LogP contribution in [0.3, 0.4) is 0 Å². The van der Waals surface area contributed by atoms with Gasteiger partial charge in [-0.3, -0.25) is 19.7 Å². The maximum Gasteiger partial charge on any atom is 0.311 e. The molecule has 124 valence electrons. The van der Waals surface area contributed by atoms with Gasteiger partial charge in [-0.05, 0) is 12.1 Å². The van der Waals surface area contributed by atoms with E-state index in [9.17, 15) is 19.7 Å². The van der Waals surface area contributed by atoms with Crippen molar-refractivity contribution in [1.29, 1.82) is 0 Å². The Bertz CT molecular complexity index is 632. The molecule has 1 aliphatic heterocycles. The smallest absolute Gasteiger partial charge is 0.311 e. The number of morpholine rings is 1. The Hall–Kier alpha value is -2.68. The van der Waals surface area contributed by atoms with Crippen molar-refractivity contribution in [2.75, 3.05) is 26.8 Å². The van der Waals surface area contributed by atoms with Crippen molar-refractivity contribution in [2.24, 2.45) is 0 Å². The van der Waals surface area contributed by atoms with Gasteiger partial charge in [-0.1, -0.05) is 0 Å². The molecule has 1 aliphatic rings. The van der Waals surface area contributed by atoms with E-state index in [1.807, 2.05) is 0 Å². The Morgan fingerprint density at radius 1 is 1.52 bits per heavy atom. The molecule has 0 spiro atoms. The molecule has 1 unspecified atom stereocenters. The standard InChI is InChI=1S/C14H16N2O7/c1-22-12-3-2-9(6-11(12)16(20)21)14(19)15-4-5-23-10(8-15)7-13(17)18/h2-3,6,10H,4-5,7-8H2,1H3,(H,17,18). The molecule has 1 heterocycles. The molecule has 2 rings (SSSR count). The molecule has 0 saturated carbocycles. The lowest BCUT2D eigenvalue weighted by Crippen LogP contribution is -2.46. The highest BCUT2D eigenvalue weighted by Gasteiger charge is 2.28. The Kier molecular flexibility index (Phi) is 5.12. The summed E-state index contributed by atoms with van der Waals surface area (Å²) < 4.78 is 10.2. The van der Waals surface area contributed by atoms with Crippen LogP contribution in [0.2, 0.25) is 0 Å². The fourth-order valence-corrected chi connectivity index (χ4v) is 2.37. The lowest BCUT2D eigenvalue weighted by atomic mass is 10.1. The fraction of sp³-hybridized carbons (Fsp3) is 0.429. The van der Waals surface area contributed by atoms with Crippen LogP contribution in [0.25, 0.3) is 0 Å². The van der Waals surface area contributed by atoms with Crippen LogP contribution in [0.15, 0.2) is 18.2 Å². The molecule has 23 heavy (non-hydrogen) atoms. The number of nitro benzene ring substituents is 1. The third kappa shape index (κ3) is 3.95. The number of amides is 1. The predicted molar refractivity (Wildman–Crippen MR) is 77.5 cm³/mol. The molecule has 1 amide bonds. The van der Waals surface area contributed by atoms with Gasteiger partial charge in [-0.2, -0.15) is 0 Å². The van der Waals surface area contributed by atoms with Crippen molar-refractivity contribution in [3.8, 4) is 5.75 Å². The number of carboxylic acid groups (broad SMARTS) is 1. The minimum Gasteiger partial charge on any atom is -0.490 e. The highest BCUT2D eigenvalue weighted by molar-refractivity contribution is 5.95. The largest absolute Gasteiger partial charge is 0.490 e. The summed E-state index contributed by atoms with van der Waals surface area (Å²) in [5, 5.41) is 19.8. The second-order valence-electron chi connectivity index (χ2n) is 4.99. The first kappa shape index (κ1) is 16.7. The first-order valence-electron chi connectivity index (χ1n) is 6.87. The van der Waals surface area contributed by atoms with E-state index >= 15 is 0 Å². The van der Waals surface area contributed by atoms with E-state index in [0.29, 0.717) is 6.54 Å². The molecule has 1 aromatic rings. The number of carboxylic acids is 1. The van der Waals surface area contributed by atoms with Gasteiger partial charge in [-0.15, -0.1) is 0 Å². The normalized spacial score (nSPS) is 17.6. The summed E-state index contributed by atoms with van der Waals surface area (Å²) in [4.78, 5) is 35.0. The van der Waals surface area contributed by atoms with Crippen molar-refractivity contribution < 1.29 is 29.1 Å². The maximum absolute atomic E-state index is 12.5. The molecule has 0 aromatic heterocycles. The van der Waals surface area contributed by atoms with Crippen molar-refractivity contribution in [2.45, 2.75) is 12.5 Å². The van der Waals surface area contributed by atoms with Crippen LogP contribution >= 0.6 is 0 Å². The SMILES string of the molecule is COc1ccc(C(=O)N2CCOC(CC(=O)O)C2)cc1[N+](=O)[O-]. The van der Waals surface area contributed by atoms with Gasteiger partial charge in [0.15, 0.2) is 5.75 Å². The van der Waals surface area contributed by atoms with E-state index in [1.165, 1.54) is 24.1 Å². The van der Waals surface area contributed by atoms with Crippen LogP contribution in [0.5, 0.6) is 5.75 Å². The topological polar surface area (TPSA) is 119 Å². The summed E-state index contributed by atoms with van der Waals surface area (Å²) in [6.07, 6.45) is -0.787. The second-order valence-corrected chi connectivity index (χ2v) is 4.99. The lowest BCUT2D eigenvalue weighted by molar-refractivity contribution is -0.385. The zero-order valence-electron chi connectivity index (χ0n) is 12.4. The van der Waals surface area contributed by atoms with Crippen molar-refractivity contribution in [3.05, 3.63) is 33.9 Å². The minimum absolute atomic E-state index is 0.0669. The quantitative estimate of drug-likeness (QED) is 0.631. The Morgan fingerprint density at radius 2 is 2.26 bits per heavy atom. The number of nitrogens with zero attached hydrogens (tertiary/aromatic N) is 2. The van der Waals surface area contributed by atoms with Crippen LogP contribution in [-0.4, -0.2) is 59.7 Å². The minimum atomic E-state index is -1.01. The molecule has 0 radical (unpaired) electrons. The summed E-state index contributed by atoms with van der Waals surface area (Å²) >= 11 is 0. The van der Waals surface area contributed by atoms with Gasteiger partial charge in [0.2, 0.25) is 0 Å². The molecule has 1 N–H and O–H groups in total. The van der Waals surface area contributed by atoms with Gasteiger partial charge in [0.1, 0.15) is 0 Å². The Morgan fingerprint density at radius 3 is 2.87 bits per heavy atom. The molecular weight excluding hydrogens is 308 g/mol. The van der Waals surface area contributed by atoms with E-state index < -0.39 is 22.9 Å². The van der Waals surface area contributed by atoms with Gasteiger partial charge in [-0.25, -0.2) is 0 Å². The van der Waals surface area contributed by atoms with E-state index in [1.54, 1.807) is 0 Å². The summed E-state index contributed by atoms with van der Waals surface area (Å²) in [6.45, 7) is 0.654. The first-order chi connectivity index (χ1) is 10.9. The summed E-state index contributed by atoms with van der Waals surface area (Å²) in [5.41, 5.74) is -0.151. The Balaban J connectivity index is 2.18. The zero-order chi connectivity index (χ0) is 17.0. The Labute approximate surface area is 131 Å². The van der Waals surface area contributed by atoms with Crippen molar-refractivity contribution in [3.63, 3.8) is 0 Å². The average Bonchev–Trinajstić information content (AvgIpc) is 2.53. The van der Waals surface area contributed by atoms with Crippen molar-refractivity contribution in [1.82, 2.24) is 4.90 Å². The number of benzene rings is 1. The van der Waals surface area contributed by atoms with Crippen molar-refractivity contribution >= 4 is 17.6 Å². The zero-order valence-corrected chi connectivity index (χ0v) is 12.4. The molecule has 0 aliphatic carbocycles. The molecule has 9 nitrogen and oxygen atoms in total. The van der Waals surface area contributed by atoms with Gasteiger partial charge in [0, 0.05) is 24.7 Å². The predicted octanol–water partition coefficient (Wildman–Crippen LogP) is 0.919. The molecule has 1 atom stereocenters. The number of carbonyl (C=O) groups excluding carboxylic acids is 1. The highest BCUT2D eigenvalue weighted by Crippen LogP contribution is 2.28. The molecule has 1 aromatic carbocycles. The van der Waals surface area contributed by atoms with Gasteiger partial charge >= 0.3 is 11.7 Å². The number of hydrogen-bond donors (Lipinski definition) is 1. The number of rotatable bonds is 5. The summed E-state index contributed by atoms with van der Waals surface area (Å²) in [5.74, 6) is -1.35. The van der Waals surface area contributed by atoms with E-state index in [2.05, 4.69) is 0 Å². The fourth-order valence-electron chi connectivity index (χ4n) is 2.37. The average molecular weight is 324 g/mol. The summed E-state index contributed by atoms with van der Waals surface area (Å²) in [6, 6.07) is 3.96. The molecule has 1 fully saturated rings. The number of ether oxygens (including phenoxy) is 2. The van der Waals surface area contributed by atoms with Crippen LogP contribution < -0.4 is 4.74 Å². The first-order valence-corrected chi connectivity index (χ1v) is 6.87. The third-order valence-electron chi connectivity index (χ3n) is 3.45. The van der Waals surface area contributed by atoms with E-state index in [4.69, 9.17) is 14.6 Å². The summed E-state index contributed by atoms with van der Waals surface area (Å²) in [7, 11) is 1.31. The highest BCUT2D eigenvalue weighted by atomic mass is 16.6. The van der Waals surface area contributed by atoms with E-state index in [0.717, 1.165) is 6.07 Å². The van der Waals surface area contributed by atoms with E-state index in [-0.39, 0.29) is 36.6 Å². The molecule has 0 bridgehead atoms. The lowest BCUT2D eigenvalue weighted by Gasteiger charge is -2.32. The van der Waals surface area contributed by atoms with Crippen LogP contribution in [0, 0.1) is 10.1 Å². The van der Waals surface area contributed by atoms with Gasteiger partial charge in [0.05, 0.1) is 31.2 Å².